The van der Waals surface area contributed by atoms with E-state index < -0.39 is 0 Å². The summed E-state index contributed by atoms with van der Waals surface area (Å²) in [4.78, 5) is 14.2. The average molecular weight is 293 g/mol. The normalized spacial score (nSPS) is 18.1. The molecule has 0 radical (unpaired) electrons. The van der Waals surface area contributed by atoms with Gasteiger partial charge in [0.15, 0.2) is 0 Å². The predicted molar refractivity (Wildman–Crippen MR) is 81.4 cm³/mol. The molecule has 1 aromatic carbocycles. The van der Waals surface area contributed by atoms with Gasteiger partial charge in [-0.1, -0.05) is 19.1 Å². The van der Waals surface area contributed by atoms with E-state index in [9.17, 15) is 9.18 Å². The number of nitrogens with one attached hydrogen (secondary N) is 2. The Balaban J connectivity index is 1.95. The van der Waals surface area contributed by atoms with Crippen molar-refractivity contribution in [1.29, 1.82) is 0 Å². The van der Waals surface area contributed by atoms with Crippen molar-refractivity contribution in [3.05, 3.63) is 35.6 Å². The van der Waals surface area contributed by atoms with Gasteiger partial charge >= 0.3 is 0 Å². The molecular formula is C16H24FN3O. The quantitative estimate of drug-likeness (QED) is 0.833. The molecule has 0 aliphatic carbocycles. The summed E-state index contributed by atoms with van der Waals surface area (Å²) in [7, 11) is 3.86. The average Bonchev–Trinajstić information content (AvgIpc) is 2.36. The Labute approximate surface area is 125 Å². The summed E-state index contributed by atoms with van der Waals surface area (Å²) in [5, 5.41) is 6.18. The van der Waals surface area contributed by atoms with E-state index >= 15 is 0 Å². The van der Waals surface area contributed by atoms with Crippen molar-refractivity contribution in [1.82, 2.24) is 15.5 Å². The van der Waals surface area contributed by atoms with Crippen LogP contribution >= 0.6 is 0 Å². The molecule has 21 heavy (non-hydrogen) atoms. The molecule has 0 saturated carbocycles. The fourth-order valence-corrected chi connectivity index (χ4v) is 2.55. The first-order valence-corrected chi connectivity index (χ1v) is 7.39. The van der Waals surface area contributed by atoms with E-state index in [0.717, 1.165) is 18.7 Å². The predicted octanol–water partition coefficient (Wildman–Crippen LogP) is 1.40. The van der Waals surface area contributed by atoms with E-state index in [1.807, 2.05) is 32.0 Å². The first-order chi connectivity index (χ1) is 9.99. The number of likely N-dealkylation sites (N-methyl/N-ethyl adjacent to an activating group) is 1. The van der Waals surface area contributed by atoms with Gasteiger partial charge in [0.05, 0.1) is 6.04 Å². The first kappa shape index (κ1) is 15.9. The van der Waals surface area contributed by atoms with Gasteiger partial charge in [-0.25, -0.2) is 4.39 Å². The first-order valence-electron chi connectivity index (χ1n) is 7.39. The highest BCUT2D eigenvalue weighted by molar-refractivity contribution is 5.78. The number of hydrogen-bond acceptors (Lipinski definition) is 3. The molecule has 1 fully saturated rings. The molecule has 5 heteroatoms. The third-order valence-corrected chi connectivity index (χ3v) is 4.26. The Hall–Kier alpha value is -1.46. The van der Waals surface area contributed by atoms with E-state index in [1.165, 1.54) is 12.1 Å². The summed E-state index contributed by atoms with van der Waals surface area (Å²) in [5.74, 6) is 0.267. The van der Waals surface area contributed by atoms with Crippen LogP contribution in [0.2, 0.25) is 0 Å². The van der Waals surface area contributed by atoms with Crippen LogP contribution in [0.25, 0.3) is 0 Å². The SMILES string of the molecule is CC(C(=O)NCC(c1cccc(F)c1)N(C)C)C1CNC1. The largest absolute Gasteiger partial charge is 0.354 e. The van der Waals surface area contributed by atoms with Crippen LogP contribution in [0.4, 0.5) is 4.39 Å². The summed E-state index contributed by atoms with van der Waals surface area (Å²) >= 11 is 0. The number of carbonyl (C=O) groups is 1. The maximum atomic E-state index is 13.4. The lowest BCUT2D eigenvalue weighted by Gasteiger charge is -2.32. The Kier molecular flexibility index (Phi) is 5.31. The number of rotatable bonds is 6. The number of carbonyl (C=O) groups excluding carboxylic acids is 1. The van der Waals surface area contributed by atoms with Crippen LogP contribution in [-0.2, 0) is 4.79 Å². The van der Waals surface area contributed by atoms with Crippen LogP contribution in [0, 0.1) is 17.7 Å². The lowest BCUT2D eigenvalue weighted by molar-refractivity contribution is -0.126. The molecule has 0 spiro atoms. The molecule has 1 aliphatic heterocycles. The summed E-state index contributed by atoms with van der Waals surface area (Å²) in [6.45, 7) is 4.28. The fraction of sp³-hybridized carbons (Fsp3) is 0.562. The Morgan fingerprint density at radius 2 is 2.19 bits per heavy atom. The maximum Gasteiger partial charge on any atom is 0.223 e. The van der Waals surface area contributed by atoms with E-state index in [2.05, 4.69) is 10.6 Å². The van der Waals surface area contributed by atoms with Crippen LogP contribution in [0.5, 0.6) is 0 Å². The van der Waals surface area contributed by atoms with Crippen molar-refractivity contribution in [3.63, 3.8) is 0 Å². The molecule has 0 bridgehead atoms. The van der Waals surface area contributed by atoms with E-state index in [4.69, 9.17) is 0 Å². The van der Waals surface area contributed by atoms with Gasteiger partial charge in [-0.2, -0.15) is 0 Å². The van der Waals surface area contributed by atoms with Crippen LogP contribution in [0.15, 0.2) is 24.3 Å². The van der Waals surface area contributed by atoms with E-state index in [1.54, 1.807) is 6.07 Å². The van der Waals surface area contributed by atoms with Gasteiger partial charge in [0.25, 0.3) is 0 Å². The second-order valence-electron chi connectivity index (χ2n) is 5.99. The van der Waals surface area contributed by atoms with Crippen molar-refractivity contribution in [3.8, 4) is 0 Å². The van der Waals surface area contributed by atoms with Crippen molar-refractivity contribution in [2.75, 3.05) is 33.7 Å². The summed E-state index contributed by atoms with van der Waals surface area (Å²) in [5.41, 5.74) is 0.873. The molecule has 1 amide bonds. The number of amides is 1. The van der Waals surface area contributed by atoms with Gasteiger partial charge in [-0.05, 0) is 50.8 Å². The molecule has 1 aromatic rings. The number of hydrogen-bond donors (Lipinski definition) is 2. The molecule has 0 aromatic heterocycles. The number of benzene rings is 1. The number of nitrogens with zero attached hydrogens (tertiary/aromatic N) is 1. The maximum absolute atomic E-state index is 13.4. The lowest BCUT2D eigenvalue weighted by Crippen LogP contribution is -2.50. The minimum absolute atomic E-state index is 0.0153. The highest BCUT2D eigenvalue weighted by Crippen LogP contribution is 2.20. The molecule has 116 valence electrons. The molecule has 1 heterocycles. The fourth-order valence-electron chi connectivity index (χ4n) is 2.55. The lowest BCUT2D eigenvalue weighted by atomic mass is 9.88. The van der Waals surface area contributed by atoms with Crippen molar-refractivity contribution in [2.45, 2.75) is 13.0 Å². The zero-order valence-electron chi connectivity index (χ0n) is 12.9. The van der Waals surface area contributed by atoms with Gasteiger partial charge in [0, 0.05) is 12.5 Å². The van der Waals surface area contributed by atoms with Gasteiger partial charge in [0.1, 0.15) is 5.82 Å². The standard InChI is InChI=1S/C16H24FN3O/c1-11(13-8-18-9-13)16(21)19-10-15(20(2)3)12-5-4-6-14(17)7-12/h4-7,11,13,15,18H,8-10H2,1-3H3,(H,19,21). The molecule has 1 saturated heterocycles. The molecule has 1 aliphatic rings. The van der Waals surface area contributed by atoms with E-state index in [0.29, 0.717) is 12.5 Å². The second-order valence-corrected chi connectivity index (χ2v) is 5.99. The molecule has 2 N–H and O–H groups in total. The van der Waals surface area contributed by atoms with E-state index in [-0.39, 0.29) is 23.7 Å². The highest BCUT2D eigenvalue weighted by Gasteiger charge is 2.29. The second kappa shape index (κ2) is 7.00. The van der Waals surface area contributed by atoms with Gasteiger partial charge in [-0.15, -0.1) is 0 Å². The van der Waals surface area contributed by atoms with Gasteiger partial charge in [0.2, 0.25) is 5.91 Å². The topological polar surface area (TPSA) is 44.4 Å². The number of halogens is 1. The van der Waals surface area contributed by atoms with Gasteiger partial charge in [-0.3, -0.25) is 4.79 Å². The summed E-state index contributed by atoms with van der Waals surface area (Å²) in [6, 6.07) is 6.51. The van der Waals surface area contributed by atoms with Gasteiger partial charge < -0.3 is 15.5 Å². The monoisotopic (exact) mass is 293 g/mol. The van der Waals surface area contributed by atoms with Crippen LogP contribution in [0.3, 0.4) is 0 Å². The van der Waals surface area contributed by atoms with Crippen molar-refractivity contribution >= 4 is 5.91 Å². The van der Waals surface area contributed by atoms with Crippen LogP contribution in [-0.4, -0.2) is 44.5 Å². The Bertz CT molecular complexity index is 488. The smallest absolute Gasteiger partial charge is 0.223 e. The summed E-state index contributed by atoms with van der Waals surface area (Å²) < 4.78 is 13.4. The van der Waals surface area contributed by atoms with Crippen LogP contribution < -0.4 is 10.6 Å². The van der Waals surface area contributed by atoms with Crippen LogP contribution in [0.1, 0.15) is 18.5 Å². The van der Waals surface area contributed by atoms with Crippen molar-refractivity contribution in [2.24, 2.45) is 11.8 Å². The zero-order valence-corrected chi connectivity index (χ0v) is 12.9. The minimum Gasteiger partial charge on any atom is -0.354 e. The zero-order chi connectivity index (χ0) is 15.4. The molecule has 2 atom stereocenters. The third kappa shape index (κ3) is 4.02. The minimum atomic E-state index is -0.250. The highest BCUT2D eigenvalue weighted by atomic mass is 19.1. The Morgan fingerprint density at radius 3 is 2.71 bits per heavy atom. The molecule has 2 unspecified atom stereocenters. The van der Waals surface area contributed by atoms with Crippen molar-refractivity contribution < 1.29 is 9.18 Å². The molecule has 2 rings (SSSR count). The third-order valence-electron chi connectivity index (χ3n) is 4.26. The molecular weight excluding hydrogens is 269 g/mol. The molecule has 4 nitrogen and oxygen atoms in total. The summed E-state index contributed by atoms with van der Waals surface area (Å²) in [6.07, 6.45) is 0. The Morgan fingerprint density at radius 1 is 1.48 bits per heavy atom.